The van der Waals surface area contributed by atoms with Gasteiger partial charge in [0, 0.05) is 25.7 Å². The molecule has 1 rings (SSSR count). The van der Waals surface area contributed by atoms with Gasteiger partial charge in [-0.2, -0.15) is 4.98 Å². The maximum atomic E-state index is 6.07. The van der Waals surface area contributed by atoms with Crippen LogP contribution in [-0.2, 0) is 0 Å². The van der Waals surface area contributed by atoms with E-state index in [4.69, 9.17) is 16.3 Å². The predicted octanol–water partition coefficient (Wildman–Crippen LogP) is 1.96. The number of ether oxygens (including phenoxy) is 1. The molecule has 0 aromatic carbocycles. The minimum absolute atomic E-state index is 0.105. The van der Waals surface area contributed by atoms with Crippen LogP contribution in [0.3, 0.4) is 0 Å². The first-order valence-electron chi connectivity index (χ1n) is 5.86. The fourth-order valence-corrected chi connectivity index (χ4v) is 1.65. The molecule has 0 spiro atoms. The molecule has 0 unspecified atom stereocenters. The Balaban J connectivity index is 2.63. The molecule has 0 aliphatic rings. The second-order valence-electron chi connectivity index (χ2n) is 5.13. The van der Waals surface area contributed by atoms with E-state index in [0.717, 1.165) is 13.1 Å². The smallest absolute Gasteiger partial charge is 0.318 e. The summed E-state index contributed by atoms with van der Waals surface area (Å²) in [4.78, 5) is 10.2. The number of hydrogen-bond acceptors (Lipinski definition) is 5. The summed E-state index contributed by atoms with van der Waals surface area (Å²) in [5, 5.41) is 3.93. The number of likely N-dealkylation sites (N-methyl/N-ethyl adjacent to an activating group) is 1. The van der Waals surface area contributed by atoms with Crippen LogP contribution in [0.5, 0.6) is 6.01 Å². The highest BCUT2D eigenvalue weighted by Crippen LogP contribution is 2.22. The summed E-state index contributed by atoms with van der Waals surface area (Å²) in [7, 11) is 3.48. The lowest BCUT2D eigenvalue weighted by Crippen LogP contribution is -2.40. The molecular weight excluding hydrogens is 252 g/mol. The Morgan fingerprint density at radius 3 is 2.67 bits per heavy atom. The number of methoxy groups -OCH3 is 1. The van der Waals surface area contributed by atoms with E-state index in [1.54, 1.807) is 6.20 Å². The zero-order chi connectivity index (χ0) is 13.8. The number of halogens is 1. The van der Waals surface area contributed by atoms with E-state index in [0.29, 0.717) is 16.9 Å². The molecule has 0 saturated heterocycles. The van der Waals surface area contributed by atoms with Crippen molar-refractivity contribution < 1.29 is 4.74 Å². The lowest BCUT2D eigenvalue weighted by atomic mass is 10.1. The van der Waals surface area contributed by atoms with Gasteiger partial charge in [-0.25, -0.2) is 4.98 Å². The summed E-state index contributed by atoms with van der Waals surface area (Å²) in [5.41, 5.74) is 0.105. The van der Waals surface area contributed by atoms with Crippen LogP contribution in [0.4, 0.5) is 5.82 Å². The maximum Gasteiger partial charge on any atom is 0.318 e. The molecule has 102 valence electrons. The van der Waals surface area contributed by atoms with Crippen molar-refractivity contribution in [3.8, 4) is 6.01 Å². The van der Waals surface area contributed by atoms with Crippen LogP contribution in [0.1, 0.15) is 20.8 Å². The molecule has 1 aromatic rings. The standard InChI is InChI=1S/C12H21ClN4O/c1-12(2,3)15-6-7-17(4)10-9(13)8-14-11(16-10)18-5/h8,15H,6-7H2,1-5H3. The fraction of sp³-hybridized carbons (Fsp3) is 0.667. The van der Waals surface area contributed by atoms with Gasteiger partial charge >= 0.3 is 6.01 Å². The minimum Gasteiger partial charge on any atom is -0.467 e. The zero-order valence-electron chi connectivity index (χ0n) is 11.6. The summed E-state index contributed by atoms with van der Waals surface area (Å²) in [6.07, 6.45) is 1.55. The average molecular weight is 273 g/mol. The summed E-state index contributed by atoms with van der Waals surface area (Å²) in [6.45, 7) is 8.05. The molecule has 6 heteroatoms. The molecule has 0 aliphatic heterocycles. The van der Waals surface area contributed by atoms with Crippen LogP contribution >= 0.6 is 11.6 Å². The van der Waals surface area contributed by atoms with Gasteiger partial charge in [-0.3, -0.25) is 0 Å². The van der Waals surface area contributed by atoms with Crippen molar-refractivity contribution in [2.45, 2.75) is 26.3 Å². The summed E-state index contributed by atoms with van der Waals surface area (Å²) >= 11 is 6.07. The second kappa shape index (κ2) is 6.20. The fourth-order valence-electron chi connectivity index (χ4n) is 1.41. The Kier molecular flexibility index (Phi) is 5.16. The van der Waals surface area contributed by atoms with Crippen LogP contribution in [0, 0.1) is 0 Å². The molecule has 0 radical (unpaired) electrons. The highest BCUT2D eigenvalue weighted by molar-refractivity contribution is 6.32. The summed E-state index contributed by atoms with van der Waals surface area (Å²) in [5.74, 6) is 0.680. The van der Waals surface area contributed by atoms with Gasteiger partial charge in [-0.1, -0.05) is 11.6 Å². The molecule has 0 fully saturated rings. The number of rotatable bonds is 5. The van der Waals surface area contributed by atoms with Crippen molar-refractivity contribution in [3.63, 3.8) is 0 Å². The molecule has 18 heavy (non-hydrogen) atoms. The first-order chi connectivity index (χ1) is 8.33. The topological polar surface area (TPSA) is 50.3 Å². The first-order valence-corrected chi connectivity index (χ1v) is 6.24. The molecule has 0 aliphatic carbocycles. The van der Waals surface area contributed by atoms with Gasteiger partial charge in [0.1, 0.15) is 5.02 Å². The third kappa shape index (κ3) is 4.66. The van der Waals surface area contributed by atoms with E-state index in [1.165, 1.54) is 7.11 Å². The van der Waals surface area contributed by atoms with E-state index in [2.05, 4.69) is 36.1 Å². The van der Waals surface area contributed by atoms with Gasteiger partial charge < -0.3 is 15.0 Å². The van der Waals surface area contributed by atoms with Crippen molar-refractivity contribution in [1.29, 1.82) is 0 Å². The van der Waals surface area contributed by atoms with Crippen LogP contribution < -0.4 is 15.0 Å². The van der Waals surface area contributed by atoms with E-state index >= 15 is 0 Å². The second-order valence-corrected chi connectivity index (χ2v) is 5.53. The molecule has 0 atom stereocenters. The number of hydrogen-bond donors (Lipinski definition) is 1. The van der Waals surface area contributed by atoms with Crippen molar-refractivity contribution in [2.75, 3.05) is 32.1 Å². The Hall–Kier alpha value is -1.07. The van der Waals surface area contributed by atoms with E-state index < -0.39 is 0 Å². The van der Waals surface area contributed by atoms with Crippen LogP contribution in [0.15, 0.2) is 6.20 Å². The molecule has 1 aromatic heterocycles. The van der Waals surface area contributed by atoms with Crippen molar-refractivity contribution >= 4 is 17.4 Å². The first kappa shape index (κ1) is 15.0. The Morgan fingerprint density at radius 2 is 2.11 bits per heavy atom. The average Bonchev–Trinajstić information content (AvgIpc) is 2.27. The lowest BCUT2D eigenvalue weighted by Gasteiger charge is -2.24. The number of anilines is 1. The minimum atomic E-state index is 0.105. The molecule has 0 amide bonds. The Bertz CT molecular complexity index is 392. The molecular formula is C12H21ClN4O. The molecule has 0 saturated carbocycles. The normalized spacial score (nSPS) is 11.4. The highest BCUT2D eigenvalue weighted by atomic mass is 35.5. The number of aromatic nitrogens is 2. The van der Waals surface area contributed by atoms with Gasteiger partial charge in [-0.05, 0) is 20.8 Å². The number of nitrogens with zero attached hydrogens (tertiary/aromatic N) is 3. The van der Waals surface area contributed by atoms with E-state index in [-0.39, 0.29) is 5.54 Å². The highest BCUT2D eigenvalue weighted by Gasteiger charge is 2.12. The van der Waals surface area contributed by atoms with E-state index in [9.17, 15) is 0 Å². The molecule has 5 nitrogen and oxygen atoms in total. The summed E-state index contributed by atoms with van der Waals surface area (Å²) in [6, 6.07) is 0.324. The SMILES string of the molecule is COc1ncc(Cl)c(N(C)CCNC(C)(C)C)n1. The van der Waals surface area contributed by atoms with Crippen molar-refractivity contribution in [3.05, 3.63) is 11.2 Å². The van der Waals surface area contributed by atoms with Gasteiger partial charge in [0.25, 0.3) is 0 Å². The third-order valence-electron chi connectivity index (χ3n) is 2.35. The summed E-state index contributed by atoms with van der Waals surface area (Å²) < 4.78 is 5.00. The van der Waals surface area contributed by atoms with E-state index in [1.807, 2.05) is 11.9 Å². The maximum absolute atomic E-state index is 6.07. The molecule has 1 heterocycles. The Morgan fingerprint density at radius 1 is 1.44 bits per heavy atom. The van der Waals surface area contributed by atoms with Crippen LogP contribution in [0.2, 0.25) is 5.02 Å². The van der Waals surface area contributed by atoms with Gasteiger partial charge in [0.15, 0.2) is 5.82 Å². The van der Waals surface area contributed by atoms with Crippen LogP contribution in [-0.4, -0.2) is 42.8 Å². The van der Waals surface area contributed by atoms with Crippen molar-refractivity contribution in [2.24, 2.45) is 0 Å². The number of nitrogens with one attached hydrogen (secondary N) is 1. The van der Waals surface area contributed by atoms with Gasteiger partial charge in [0.2, 0.25) is 0 Å². The lowest BCUT2D eigenvalue weighted by molar-refractivity contribution is 0.379. The molecule has 1 N–H and O–H groups in total. The largest absolute Gasteiger partial charge is 0.467 e. The van der Waals surface area contributed by atoms with Crippen LogP contribution in [0.25, 0.3) is 0 Å². The predicted molar refractivity (Wildman–Crippen MR) is 74.6 cm³/mol. The van der Waals surface area contributed by atoms with Gasteiger partial charge in [-0.15, -0.1) is 0 Å². The zero-order valence-corrected chi connectivity index (χ0v) is 12.4. The van der Waals surface area contributed by atoms with Gasteiger partial charge in [0.05, 0.1) is 13.3 Å². The quantitative estimate of drug-likeness (QED) is 0.888. The monoisotopic (exact) mass is 272 g/mol. The molecule has 0 bridgehead atoms. The third-order valence-corrected chi connectivity index (χ3v) is 2.62. The Labute approximate surface area is 114 Å². The van der Waals surface area contributed by atoms with Crippen molar-refractivity contribution in [1.82, 2.24) is 15.3 Å².